The summed E-state index contributed by atoms with van der Waals surface area (Å²) in [6.07, 6.45) is -0.282. The van der Waals surface area contributed by atoms with E-state index in [1.807, 2.05) is 45.0 Å². The second-order valence-corrected chi connectivity index (χ2v) is 13.2. The molecule has 1 aliphatic heterocycles. The predicted octanol–water partition coefficient (Wildman–Crippen LogP) is 6.91. The number of nitrogens with zero attached hydrogens (tertiary/aromatic N) is 3. The van der Waals surface area contributed by atoms with Crippen molar-refractivity contribution in [2.75, 3.05) is 19.7 Å². The van der Waals surface area contributed by atoms with Crippen LogP contribution in [-0.2, 0) is 16.0 Å². The number of rotatable bonds is 6. The Labute approximate surface area is 267 Å². The molecular formula is C35H37ClN4O5. The van der Waals surface area contributed by atoms with Crippen molar-refractivity contribution in [1.29, 1.82) is 0 Å². The van der Waals surface area contributed by atoms with Crippen LogP contribution in [0.25, 0.3) is 22.0 Å². The van der Waals surface area contributed by atoms with Gasteiger partial charge in [0.05, 0.1) is 22.0 Å². The highest BCUT2D eigenvalue weighted by Gasteiger charge is 2.32. The smallest absolute Gasteiger partial charge is 0.410 e. The molecule has 2 heterocycles. The van der Waals surface area contributed by atoms with Crippen LogP contribution in [0.4, 0.5) is 9.59 Å². The summed E-state index contributed by atoms with van der Waals surface area (Å²) in [7, 11) is 0. The minimum atomic E-state index is -0.653. The van der Waals surface area contributed by atoms with E-state index in [0.717, 1.165) is 22.3 Å². The molecule has 1 aliphatic carbocycles. The van der Waals surface area contributed by atoms with E-state index >= 15 is 0 Å². The lowest BCUT2D eigenvalue weighted by Crippen LogP contribution is -2.37. The van der Waals surface area contributed by atoms with E-state index in [1.165, 1.54) is 0 Å². The van der Waals surface area contributed by atoms with E-state index in [1.54, 1.807) is 34.6 Å². The van der Waals surface area contributed by atoms with Gasteiger partial charge in [0.15, 0.2) is 0 Å². The summed E-state index contributed by atoms with van der Waals surface area (Å²) < 4.78 is 12.9. The fourth-order valence-corrected chi connectivity index (χ4v) is 6.61. The van der Waals surface area contributed by atoms with Crippen LogP contribution >= 0.6 is 11.6 Å². The average Bonchev–Trinajstić information content (AvgIpc) is 3.59. The zero-order valence-electron chi connectivity index (χ0n) is 25.9. The maximum Gasteiger partial charge on any atom is 0.410 e. The quantitative estimate of drug-likeness (QED) is 0.249. The largest absolute Gasteiger partial charge is 0.449 e. The summed E-state index contributed by atoms with van der Waals surface area (Å²) in [6, 6.07) is 20.8. The fraction of sp³-hybridized carbons (Fsp3) is 0.371. The van der Waals surface area contributed by atoms with Crippen LogP contribution in [0.1, 0.15) is 63.0 Å². The number of alkyl carbamates (subject to hydrolysis) is 1. The van der Waals surface area contributed by atoms with Gasteiger partial charge in [0.1, 0.15) is 18.0 Å². The molecule has 4 aromatic rings. The molecule has 10 heteroatoms. The molecule has 0 saturated carbocycles. The minimum Gasteiger partial charge on any atom is -0.449 e. The SMILES string of the molecule is C[C@H](NC(=O)OCC1c2ccccc2-c2ccccc21)c1nc2cccc(Cl)c2c(=O)n1CC1CCN(C(=O)OC(C)(C)C)C1. The van der Waals surface area contributed by atoms with E-state index in [4.69, 9.17) is 26.1 Å². The first-order chi connectivity index (χ1) is 21.5. The third-order valence-corrected chi connectivity index (χ3v) is 8.72. The zero-order chi connectivity index (χ0) is 31.9. The lowest BCUT2D eigenvalue weighted by molar-refractivity contribution is 0.0286. The molecule has 1 aromatic heterocycles. The summed E-state index contributed by atoms with van der Waals surface area (Å²) in [5.74, 6) is 0.296. The summed E-state index contributed by atoms with van der Waals surface area (Å²) in [4.78, 5) is 46.2. The van der Waals surface area contributed by atoms with Gasteiger partial charge in [-0.3, -0.25) is 9.36 Å². The monoisotopic (exact) mass is 628 g/mol. The first kappa shape index (κ1) is 30.6. The van der Waals surface area contributed by atoms with Crippen LogP contribution in [0.15, 0.2) is 71.5 Å². The number of hydrogen-bond acceptors (Lipinski definition) is 6. The van der Waals surface area contributed by atoms with Gasteiger partial charge in [-0.05, 0) is 74.4 Å². The second kappa shape index (κ2) is 12.2. The summed E-state index contributed by atoms with van der Waals surface area (Å²) in [5.41, 5.74) is 4.10. The summed E-state index contributed by atoms with van der Waals surface area (Å²) in [6.45, 7) is 8.71. The molecule has 1 N–H and O–H groups in total. The molecule has 1 fully saturated rings. The van der Waals surface area contributed by atoms with Gasteiger partial charge in [-0.25, -0.2) is 14.6 Å². The number of likely N-dealkylation sites (tertiary alicyclic amines) is 1. The Morgan fingerprint density at radius 2 is 1.69 bits per heavy atom. The molecule has 2 atom stereocenters. The van der Waals surface area contributed by atoms with Crippen LogP contribution in [0.5, 0.6) is 0 Å². The van der Waals surface area contributed by atoms with Gasteiger partial charge in [-0.1, -0.05) is 66.2 Å². The molecule has 3 aromatic carbocycles. The zero-order valence-corrected chi connectivity index (χ0v) is 26.6. The molecule has 1 unspecified atom stereocenters. The Morgan fingerprint density at radius 1 is 1.02 bits per heavy atom. The maximum absolute atomic E-state index is 13.9. The van der Waals surface area contributed by atoms with Crippen molar-refractivity contribution in [2.24, 2.45) is 5.92 Å². The van der Waals surface area contributed by atoms with E-state index in [2.05, 4.69) is 29.6 Å². The minimum absolute atomic E-state index is 0.0163. The van der Waals surface area contributed by atoms with Crippen LogP contribution in [0.2, 0.25) is 5.02 Å². The van der Waals surface area contributed by atoms with E-state index < -0.39 is 17.7 Å². The lowest BCUT2D eigenvalue weighted by Gasteiger charge is -2.25. The van der Waals surface area contributed by atoms with Crippen molar-refractivity contribution >= 4 is 34.7 Å². The van der Waals surface area contributed by atoms with Crippen LogP contribution in [-0.4, -0.2) is 51.9 Å². The van der Waals surface area contributed by atoms with E-state index in [9.17, 15) is 14.4 Å². The average molecular weight is 629 g/mol. The van der Waals surface area contributed by atoms with Gasteiger partial charge < -0.3 is 19.7 Å². The fourth-order valence-electron chi connectivity index (χ4n) is 6.36. The number of aromatic nitrogens is 2. The van der Waals surface area contributed by atoms with Gasteiger partial charge in [-0.2, -0.15) is 0 Å². The first-order valence-corrected chi connectivity index (χ1v) is 15.7. The molecular weight excluding hydrogens is 592 g/mol. The van der Waals surface area contributed by atoms with Crippen molar-refractivity contribution in [2.45, 2.75) is 58.2 Å². The normalized spacial score (nSPS) is 16.7. The number of ether oxygens (including phenoxy) is 2. The first-order valence-electron chi connectivity index (χ1n) is 15.3. The molecule has 2 amide bonds. The predicted molar refractivity (Wildman–Crippen MR) is 174 cm³/mol. The molecule has 45 heavy (non-hydrogen) atoms. The van der Waals surface area contributed by atoms with Crippen molar-refractivity contribution in [3.63, 3.8) is 0 Å². The number of halogens is 1. The number of benzene rings is 3. The highest BCUT2D eigenvalue weighted by atomic mass is 35.5. The van der Waals surface area contributed by atoms with Gasteiger partial charge in [0.2, 0.25) is 0 Å². The highest BCUT2D eigenvalue weighted by molar-refractivity contribution is 6.35. The van der Waals surface area contributed by atoms with Crippen molar-refractivity contribution in [3.05, 3.63) is 99.1 Å². The highest BCUT2D eigenvalue weighted by Crippen LogP contribution is 2.44. The lowest BCUT2D eigenvalue weighted by atomic mass is 9.98. The topological polar surface area (TPSA) is 103 Å². The number of carbonyl (C=O) groups is 2. The number of carbonyl (C=O) groups excluding carboxylic acids is 2. The van der Waals surface area contributed by atoms with Crippen molar-refractivity contribution < 1.29 is 19.1 Å². The van der Waals surface area contributed by atoms with Gasteiger partial charge in [0, 0.05) is 25.6 Å². The Kier molecular flexibility index (Phi) is 8.31. The van der Waals surface area contributed by atoms with Crippen molar-refractivity contribution in [1.82, 2.24) is 19.8 Å². The van der Waals surface area contributed by atoms with E-state index in [0.29, 0.717) is 47.8 Å². The van der Waals surface area contributed by atoms with Gasteiger partial charge in [0.25, 0.3) is 5.56 Å². The second-order valence-electron chi connectivity index (χ2n) is 12.8. The molecule has 6 rings (SSSR count). The Balaban J connectivity index is 1.21. The molecule has 0 radical (unpaired) electrons. The van der Waals surface area contributed by atoms with Crippen LogP contribution in [0.3, 0.4) is 0 Å². The Bertz CT molecular complexity index is 1790. The number of amides is 2. The number of fused-ring (bicyclic) bond motifs is 4. The van der Waals surface area contributed by atoms with Crippen LogP contribution in [0, 0.1) is 5.92 Å². The molecule has 1 saturated heterocycles. The Hall–Kier alpha value is -4.37. The van der Waals surface area contributed by atoms with Gasteiger partial charge >= 0.3 is 12.2 Å². The number of hydrogen-bond donors (Lipinski definition) is 1. The molecule has 234 valence electrons. The third-order valence-electron chi connectivity index (χ3n) is 8.41. The molecule has 2 aliphatic rings. The molecule has 0 spiro atoms. The summed E-state index contributed by atoms with van der Waals surface area (Å²) in [5, 5.41) is 3.52. The van der Waals surface area contributed by atoms with Crippen molar-refractivity contribution in [3.8, 4) is 11.1 Å². The molecule has 0 bridgehead atoms. The Morgan fingerprint density at radius 3 is 2.36 bits per heavy atom. The maximum atomic E-state index is 13.9. The van der Waals surface area contributed by atoms with Gasteiger partial charge in [-0.15, -0.1) is 0 Å². The van der Waals surface area contributed by atoms with E-state index in [-0.39, 0.29) is 30.1 Å². The third kappa shape index (κ3) is 6.27. The summed E-state index contributed by atoms with van der Waals surface area (Å²) >= 11 is 6.46. The number of nitrogens with one attached hydrogen (secondary N) is 1. The van der Waals surface area contributed by atoms with Crippen LogP contribution < -0.4 is 10.9 Å². The molecule has 9 nitrogen and oxygen atoms in total. The standard InChI is InChI=1S/C35H37ClN4O5/c1-21(37-33(42)44-20-27-25-12-7-5-10-23(25)24-11-6-8-13-26(24)27)31-38-29-15-9-14-28(36)30(29)32(41)40(31)19-22-16-17-39(18-22)34(43)45-35(2,3)4/h5-15,21-22,27H,16-20H2,1-4H3,(H,37,42)/t21-,22?/m0/s1.